The summed E-state index contributed by atoms with van der Waals surface area (Å²) in [6, 6.07) is 0. The highest BCUT2D eigenvalue weighted by Crippen LogP contribution is 2.30. The Balaban J connectivity index is 2.80. The van der Waals surface area contributed by atoms with E-state index in [0.29, 0.717) is 0 Å². The van der Waals surface area contributed by atoms with E-state index in [1.165, 1.54) is 17.9 Å². The van der Waals surface area contributed by atoms with Gasteiger partial charge in [0.15, 0.2) is 5.67 Å². The van der Waals surface area contributed by atoms with Crippen LogP contribution in [0.2, 0.25) is 0 Å². The number of rotatable bonds is 4. The molecule has 6 nitrogen and oxygen atoms in total. The lowest BCUT2D eigenvalue weighted by atomic mass is 9.88. The molecule has 1 heterocycles. The van der Waals surface area contributed by atoms with Crippen LogP contribution in [0.5, 0.6) is 0 Å². The topological polar surface area (TPSA) is 79.2 Å². The van der Waals surface area contributed by atoms with Gasteiger partial charge in [-0.1, -0.05) is 6.58 Å². The van der Waals surface area contributed by atoms with Crippen molar-refractivity contribution in [3.8, 4) is 0 Å². The molecule has 0 bridgehead atoms. The fourth-order valence-corrected chi connectivity index (χ4v) is 2.20. The Hall–Kier alpha value is -2.18. The molecule has 24 heavy (non-hydrogen) atoms. The first-order chi connectivity index (χ1) is 11.0. The van der Waals surface area contributed by atoms with E-state index in [2.05, 4.69) is 11.6 Å². The van der Waals surface area contributed by atoms with E-state index in [1.54, 1.807) is 20.8 Å². The highest BCUT2D eigenvalue weighted by molar-refractivity contribution is 6.02. The maximum absolute atomic E-state index is 15.1. The molecule has 1 saturated heterocycles. The van der Waals surface area contributed by atoms with Crippen LogP contribution in [0, 0.1) is 0 Å². The van der Waals surface area contributed by atoms with Gasteiger partial charge in [0.25, 0.3) is 0 Å². The van der Waals surface area contributed by atoms with Crippen LogP contribution in [0.15, 0.2) is 29.4 Å². The number of carboxylic acids is 1. The minimum atomic E-state index is -1.74. The Labute approximate surface area is 141 Å². The average Bonchev–Trinajstić information content (AvgIpc) is 2.46. The zero-order valence-corrected chi connectivity index (χ0v) is 14.6. The molecular weight excluding hydrogens is 315 g/mol. The van der Waals surface area contributed by atoms with Gasteiger partial charge in [-0.25, -0.2) is 14.0 Å². The predicted molar refractivity (Wildman–Crippen MR) is 89.9 cm³/mol. The number of carbonyl (C=O) groups is 2. The molecule has 134 valence electrons. The number of amides is 1. The van der Waals surface area contributed by atoms with Gasteiger partial charge in [-0.05, 0) is 33.8 Å². The number of allylic oxidation sites excluding steroid dienone is 1. The third kappa shape index (κ3) is 5.47. The van der Waals surface area contributed by atoms with Crippen molar-refractivity contribution in [2.24, 2.45) is 4.99 Å². The second-order valence-electron chi connectivity index (χ2n) is 6.77. The fraction of sp³-hybridized carbons (Fsp3) is 0.588. The summed E-state index contributed by atoms with van der Waals surface area (Å²) in [7, 11) is 0. The maximum atomic E-state index is 15.1. The molecule has 0 saturated carbocycles. The zero-order valence-electron chi connectivity index (χ0n) is 14.6. The van der Waals surface area contributed by atoms with E-state index < -0.39 is 23.3 Å². The van der Waals surface area contributed by atoms with Crippen molar-refractivity contribution in [3.63, 3.8) is 0 Å². The summed E-state index contributed by atoms with van der Waals surface area (Å²) in [6.45, 7) is 10.6. The van der Waals surface area contributed by atoms with Gasteiger partial charge in [0.05, 0.1) is 11.3 Å². The Bertz CT molecular complexity index is 568. The van der Waals surface area contributed by atoms with Crippen LogP contribution in [-0.4, -0.2) is 52.1 Å². The van der Waals surface area contributed by atoms with Crippen molar-refractivity contribution in [1.82, 2.24) is 4.90 Å². The predicted octanol–water partition coefficient (Wildman–Crippen LogP) is 3.34. The summed E-state index contributed by atoms with van der Waals surface area (Å²) in [5, 5.41) is 8.82. The second kappa shape index (κ2) is 7.59. The van der Waals surface area contributed by atoms with Crippen LogP contribution in [0.1, 0.15) is 40.5 Å². The summed E-state index contributed by atoms with van der Waals surface area (Å²) in [4.78, 5) is 28.2. The normalized spacial score (nSPS) is 19.0. The van der Waals surface area contributed by atoms with Crippen molar-refractivity contribution in [3.05, 3.63) is 24.4 Å². The molecule has 0 unspecified atom stereocenters. The third-order valence-corrected chi connectivity index (χ3v) is 3.59. The van der Waals surface area contributed by atoms with Crippen molar-refractivity contribution >= 4 is 17.8 Å². The van der Waals surface area contributed by atoms with Gasteiger partial charge in [-0.2, -0.15) is 0 Å². The van der Waals surface area contributed by atoms with Gasteiger partial charge < -0.3 is 14.7 Å². The molecule has 0 aromatic rings. The largest absolute Gasteiger partial charge is 0.478 e. The average molecular weight is 340 g/mol. The first kappa shape index (κ1) is 19.9. The van der Waals surface area contributed by atoms with Gasteiger partial charge in [-0.15, -0.1) is 0 Å². The number of hydrogen-bond acceptors (Lipinski definition) is 4. The standard InChI is InChI=1S/C17H25FN2O4/c1-6-13(19-11-12(2)14(21)22)17(18)7-9-20(10-8-17)15(23)24-16(3,4)5/h6,11H,1,7-10H2,2-5H3,(H,21,22)/b12-11+,19-13+. The Morgan fingerprint density at radius 1 is 1.33 bits per heavy atom. The number of piperidine rings is 1. The molecule has 0 radical (unpaired) electrons. The van der Waals surface area contributed by atoms with Gasteiger partial charge in [0, 0.05) is 32.1 Å². The van der Waals surface area contributed by atoms with Gasteiger partial charge in [0.1, 0.15) is 5.60 Å². The molecule has 0 spiro atoms. The molecule has 1 rings (SSSR count). The number of alkyl halides is 1. The Morgan fingerprint density at radius 2 is 1.88 bits per heavy atom. The fourth-order valence-electron chi connectivity index (χ4n) is 2.20. The SMILES string of the molecule is C=C/C(=N\C=C(/C)C(=O)O)C1(F)CCN(C(=O)OC(C)(C)C)CC1. The molecule has 1 aliphatic rings. The van der Waals surface area contributed by atoms with E-state index in [1.807, 2.05) is 0 Å². The maximum Gasteiger partial charge on any atom is 0.410 e. The van der Waals surface area contributed by atoms with Crippen LogP contribution in [0.4, 0.5) is 9.18 Å². The zero-order chi connectivity index (χ0) is 18.5. The lowest BCUT2D eigenvalue weighted by Gasteiger charge is -2.37. The third-order valence-electron chi connectivity index (χ3n) is 3.59. The van der Waals surface area contributed by atoms with Crippen molar-refractivity contribution in [2.45, 2.75) is 51.8 Å². The number of hydrogen-bond donors (Lipinski definition) is 1. The molecule has 1 N–H and O–H groups in total. The summed E-state index contributed by atoms with van der Waals surface area (Å²) in [6.07, 6.45) is 2.03. The minimum absolute atomic E-state index is 0.00383. The van der Waals surface area contributed by atoms with E-state index in [-0.39, 0.29) is 37.2 Å². The second-order valence-corrected chi connectivity index (χ2v) is 6.77. The molecule has 0 aromatic carbocycles. The summed E-state index contributed by atoms with van der Waals surface area (Å²) < 4.78 is 20.4. The number of aliphatic imine (C=N–C) groups is 1. The highest BCUT2D eigenvalue weighted by Gasteiger charge is 2.40. The molecular formula is C17H25FN2O4. The lowest BCUT2D eigenvalue weighted by molar-refractivity contribution is -0.132. The Kier molecular flexibility index (Phi) is 6.29. The first-order valence-electron chi connectivity index (χ1n) is 7.76. The molecule has 7 heteroatoms. The highest BCUT2D eigenvalue weighted by atomic mass is 19.1. The number of aliphatic carboxylic acids is 1. The molecule has 1 aliphatic heterocycles. The number of carboxylic acid groups (broad SMARTS) is 1. The molecule has 1 amide bonds. The lowest BCUT2D eigenvalue weighted by Crippen LogP contribution is -2.49. The number of likely N-dealkylation sites (tertiary alicyclic amines) is 1. The van der Waals surface area contributed by atoms with Gasteiger partial charge >= 0.3 is 12.1 Å². The summed E-state index contributed by atoms with van der Waals surface area (Å²) >= 11 is 0. The van der Waals surface area contributed by atoms with Crippen LogP contribution in [0.25, 0.3) is 0 Å². The monoisotopic (exact) mass is 340 g/mol. The minimum Gasteiger partial charge on any atom is -0.478 e. The van der Waals surface area contributed by atoms with Gasteiger partial charge in [-0.3, -0.25) is 4.99 Å². The quantitative estimate of drug-likeness (QED) is 0.629. The van der Waals surface area contributed by atoms with Crippen molar-refractivity contribution in [1.29, 1.82) is 0 Å². The van der Waals surface area contributed by atoms with Crippen LogP contribution >= 0.6 is 0 Å². The molecule has 1 fully saturated rings. The summed E-state index contributed by atoms with van der Waals surface area (Å²) in [5.74, 6) is -1.12. The van der Waals surface area contributed by atoms with Crippen LogP contribution in [-0.2, 0) is 9.53 Å². The van der Waals surface area contributed by atoms with Gasteiger partial charge in [0.2, 0.25) is 0 Å². The van der Waals surface area contributed by atoms with Crippen molar-refractivity contribution < 1.29 is 23.8 Å². The Morgan fingerprint density at radius 3 is 2.29 bits per heavy atom. The molecule has 0 aromatic heterocycles. The number of nitrogens with zero attached hydrogens (tertiary/aromatic N) is 2. The van der Waals surface area contributed by atoms with E-state index in [0.717, 1.165) is 6.20 Å². The first-order valence-corrected chi connectivity index (χ1v) is 7.76. The summed E-state index contributed by atoms with van der Waals surface area (Å²) in [5.41, 5.74) is -2.26. The molecule has 0 atom stereocenters. The van der Waals surface area contributed by atoms with Crippen LogP contribution in [0.3, 0.4) is 0 Å². The van der Waals surface area contributed by atoms with E-state index >= 15 is 4.39 Å². The number of halogens is 1. The number of carbonyl (C=O) groups excluding carboxylic acids is 1. The number of ether oxygens (including phenoxy) is 1. The van der Waals surface area contributed by atoms with Crippen LogP contribution < -0.4 is 0 Å². The van der Waals surface area contributed by atoms with Crippen molar-refractivity contribution in [2.75, 3.05) is 13.1 Å². The smallest absolute Gasteiger partial charge is 0.410 e. The van der Waals surface area contributed by atoms with E-state index in [9.17, 15) is 9.59 Å². The molecule has 0 aliphatic carbocycles. The van der Waals surface area contributed by atoms with E-state index in [4.69, 9.17) is 9.84 Å².